The number of aromatic hydroxyl groups is 1. The fourth-order valence-corrected chi connectivity index (χ4v) is 1.75. The number of hydrogen-bond donors (Lipinski definition) is 2. The molecule has 88 valence electrons. The van der Waals surface area contributed by atoms with E-state index in [4.69, 9.17) is 5.73 Å². The van der Waals surface area contributed by atoms with Gasteiger partial charge in [-0.25, -0.2) is 0 Å². The Balaban J connectivity index is 2.11. The van der Waals surface area contributed by atoms with Crippen molar-refractivity contribution >= 4 is 11.4 Å². The van der Waals surface area contributed by atoms with Crippen molar-refractivity contribution in [3.8, 4) is 5.75 Å². The summed E-state index contributed by atoms with van der Waals surface area (Å²) < 4.78 is 0. The zero-order valence-corrected chi connectivity index (χ0v) is 9.80. The smallest absolute Gasteiger partial charge is 0.115 e. The van der Waals surface area contributed by atoms with Gasteiger partial charge in [0, 0.05) is 25.0 Å². The fourth-order valence-electron chi connectivity index (χ4n) is 1.75. The zero-order valence-electron chi connectivity index (χ0n) is 9.80. The number of nitrogens with zero attached hydrogens (tertiary/aromatic N) is 1. The summed E-state index contributed by atoms with van der Waals surface area (Å²) in [6.45, 7) is 0.748. The third-order valence-corrected chi connectivity index (χ3v) is 2.66. The second-order valence-electron chi connectivity index (χ2n) is 4.12. The minimum atomic E-state index is 0.299. The molecule has 0 saturated heterocycles. The number of phenolic OH excluding ortho intramolecular Hbond substituents is 1. The molecule has 3 nitrogen and oxygen atoms in total. The van der Waals surface area contributed by atoms with Crippen molar-refractivity contribution in [3.63, 3.8) is 0 Å². The van der Waals surface area contributed by atoms with Crippen molar-refractivity contribution in [2.45, 2.75) is 6.54 Å². The summed E-state index contributed by atoms with van der Waals surface area (Å²) in [5.74, 6) is 0.299. The van der Waals surface area contributed by atoms with E-state index in [1.807, 2.05) is 43.4 Å². The highest BCUT2D eigenvalue weighted by molar-refractivity contribution is 5.53. The molecule has 0 aliphatic carbocycles. The van der Waals surface area contributed by atoms with Gasteiger partial charge in [0.15, 0.2) is 0 Å². The Labute approximate surface area is 101 Å². The van der Waals surface area contributed by atoms with E-state index >= 15 is 0 Å². The molecule has 0 spiro atoms. The first kappa shape index (κ1) is 11.3. The molecule has 0 aromatic heterocycles. The highest BCUT2D eigenvalue weighted by Gasteiger charge is 2.02. The molecule has 0 saturated carbocycles. The summed E-state index contributed by atoms with van der Waals surface area (Å²) in [5, 5.41) is 9.40. The molecule has 0 unspecified atom stereocenters. The largest absolute Gasteiger partial charge is 0.508 e. The number of hydrogen-bond acceptors (Lipinski definition) is 3. The summed E-state index contributed by atoms with van der Waals surface area (Å²) in [4.78, 5) is 2.11. The Morgan fingerprint density at radius 3 is 2.47 bits per heavy atom. The summed E-state index contributed by atoms with van der Waals surface area (Å²) in [5.41, 5.74) is 8.58. The van der Waals surface area contributed by atoms with Crippen LogP contribution in [0, 0.1) is 0 Å². The Morgan fingerprint density at radius 1 is 1.12 bits per heavy atom. The van der Waals surface area contributed by atoms with Crippen LogP contribution < -0.4 is 10.6 Å². The molecule has 0 fully saturated rings. The van der Waals surface area contributed by atoms with Gasteiger partial charge in [0.2, 0.25) is 0 Å². The van der Waals surface area contributed by atoms with Crippen LogP contribution >= 0.6 is 0 Å². The second kappa shape index (κ2) is 4.78. The monoisotopic (exact) mass is 228 g/mol. The van der Waals surface area contributed by atoms with Gasteiger partial charge in [-0.05, 0) is 42.0 Å². The maximum absolute atomic E-state index is 9.40. The van der Waals surface area contributed by atoms with Crippen LogP contribution in [0.5, 0.6) is 5.75 Å². The van der Waals surface area contributed by atoms with E-state index in [1.54, 1.807) is 12.1 Å². The number of nitrogen functional groups attached to an aromatic ring is 1. The van der Waals surface area contributed by atoms with Crippen molar-refractivity contribution < 1.29 is 5.11 Å². The molecule has 0 bridgehead atoms. The topological polar surface area (TPSA) is 49.5 Å². The zero-order chi connectivity index (χ0) is 12.3. The highest BCUT2D eigenvalue weighted by atomic mass is 16.3. The first-order valence-corrected chi connectivity index (χ1v) is 5.50. The van der Waals surface area contributed by atoms with Crippen LogP contribution in [0.15, 0.2) is 48.5 Å². The Morgan fingerprint density at radius 2 is 1.82 bits per heavy atom. The summed E-state index contributed by atoms with van der Waals surface area (Å²) in [6, 6.07) is 15.0. The minimum Gasteiger partial charge on any atom is -0.508 e. The van der Waals surface area contributed by atoms with Crippen molar-refractivity contribution in [2.75, 3.05) is 17.7 Å². The quantitative estimate of drug-likeness (QED) is 0.794. The van der Waals surface area contributed by atoms with E-state index in [9.17, 15) is 5.11 Å². The molecule has 2 aromatic carbocycles. The van der Waals surface area contributed by atoms with Crippen molar-refractivity contribution in [1.29, 1.82) is 0 Å². The summed E-state index contributed by atoms with van der Waals surface area (Å²) in [6.07, 6.45) is 0. The first-order chi connectivity index (χ1) is 8.15. The fraction of sp³-hybridized carbons (Fsp3) is 0.143. The molecular formula is C14H16N2O. The molecule has 0 aliphatic heterocycles. The number of benzene rings is 2. The van der Waals surface area contributed by atoms with E-state index in [0.29, 0.717) is 5.75 Å². The van der Waals surface area contributed by atoms with Crippen molar-refractivity contribution in [2.24, 2.45) is 0 Å². The molecule has 17 heavy (non-hydrogen) atoms. The van der Waals surface area contributed by atoms with Gasteiger partial charge >= 0.3 is 0 Å². The lowest BCUT2D eigenvalue weighted by atomic mass is 10.2. The predicted molar refractivity (Wildman–Crippen MR) is 71.1 cm³/mol. The van der Waals surface area contributed by atoms with Crippen LogP contribution in [0.4, 0.5) is 11.4 Å². The third-order valence-electron chi connectivity index (χ3n) is 2.66. The highest BCUT2D eigenvalue weighted by Crippen LogP contribution is 2.18. The Bertz CT molecular complexity index is 494. The van der Waals surface area contributed by atoms with Gasteiger partial charge in [0.25, 0.3) is 0 Å². The van der Waals surface area contributed by atoms with Gasteiger partial charge in [-0.3, -0.25) is 0 Å². The molecule has 2 rings (SSSR count). The second-order valence-corrected chi connectivity index (χ2v) is 4.12. The normalized spacial score (nSPS) is 10.2. The molecule has 3 N–H and O–H groups in total. The third kappa shape index (κ3) is 2.91. The maximum atomic E-state index is 9.40. The molecule has 2 aromatic rings. The van der Waals surface area contributed by atoms with E-state index in [-0.39, 0.29) is 0 Å². The Hall–Kier alpha value is -2.16. The van der Waals surface area contributed by atoms with Crippen LogP contribution in [-0.2, 0) is 6.54 Å². The number of phenols is 1. The number of nitrogens with two attached hydrogens (primary N) is 1. The average Bonchev–Trinajstić information content (AvgIpc) is 2.29. The molecule has 0 aliphatic rings. The molecule has 0 atom stereocenters. The molecule has 0 amide bonds. The van der Waals surface area contributed by atoms with Crippen LogP contribution in [0.1, 0.15) is 5.56 Å². The van der Waals surface area contributed by atoms with Crippen molar-refractivity contribution in [1.82, 2.24) is 0 Å². The summed E-state index contributed by atoms with van der Waals surface area (Å²) in [7, 11) is 2.01. The van der Waals surface area contributed by atoms with E-state index < -0.39 is 0 Å². The Kier molecular flexibility index (Phi) is 3.19. The van der Waals surface area contributed by atoms with Crippen LogP contribution in [-0.4, -0.2) is 12.2 Å². The average molecular weight is 228 g/mol. The van der Waals surface area contributed by atoms with Gasteiger partial charge in [-0.15, -0.1) is 0 Å². The van der Waals surface area contributed by atoms with Gasteiger partial charge in [0.05, 0.1) is 0 Å². The van der Waals surface area contributed by atoms with Gasteiger partial charge in [0.1, 0.15) is 5.75 Å². The number of anilines is 2. The SMILES string of the molecule is CN(Cc1cccc(O)c1)c1ccc(N)cc1. The lowest BCUT2D eigenvalue weighted by Crippen LogP contribution is -2.16. The van der Waals surface area contributed by atoms with Crippen LogP contribution in [0.25, 0.3) is 0 Å². The number of rotatable bonds is 3. The van der Waals surface area contributed by atoms with Gasteiger partial charge in [-0.1, -0.05) is 12.1 Å². The van der Waals surface area contributed by atoms with Crippen molar-refractivity contribution in [3.05, 3.63) is 54.1 Å². The molecule has 0 heterocycles. The van der Waals surface area contributed by atoms with E-state index in [0.717, 1.165) is 23.5 Å². The first-order valence-electron chi connectivity index (χ1n) is 5.50. The lowest BCUT2D eigenvalue weighted by Gasteiger charge is -2.19. The lowest BCUT2D eigenvalue weighted by molar-refractivity contribution is 0.474. The van der Waals surface area contributed by atoms with Crippen LogP contribution in [0.3, 0.4) is 0 Å². The van der Waals surface area contributed by atoms with E-state index in [2.05, 4.69) is 4.90 Å². The molecular weight excluding hydrogens is 212 g/mol. The standard InChI is InChI=1S/C14H16N2O/c1-16(13-7-5-12(15)6-8-13)10-11-3-2-4-14(17)9-11/h2-9,17H,10,15H2,1H3. The minimum absolute atomic E-state index is 0.299. The van der Waals surface area contributed by atoms with Crippen LogP contribution in [0.2, 0.25) is 0 Å². The van der Waals surface area contributed by atoms with Gasteiger partial charge in [-0.2, -0.15) is 0 Å². The van der Waals surface area contributed by atoms with E-state index in [1.165, 1.54) is 0 Å². The van der Waals surface area contributed by atoms with Gasteiger partial charge < -0.3 is 15.7 Å². The maximum Gasteiger partial charge on any atom is 0.115 e. The summed E-state index contributed by atoms with van der Waals surface area (Å²) >= 11 is 0. The predicted octanol–water partition coefficient (Wildman–Crippen LogP) is 2.61. The molecule has 0 radical (unpaired) electrons. The molecule has 3 heteroatoms.